The second-order valence-corrected chi connectivity index (χ2v) is 10.4. The van der Waals surface area contributed by atoms with Crippen molar-refractivity contribution >= 4 is 38.9 Å². The lowest BCUT2D eigenvalue weighted by Crippen LogP contribution is -2.30. The number of amides is 1. The number of halogens is 1. The third-order valence-corrected chi connectivity index (χ3v) is 6.59. The quantitative estimate of drug-likeness (QED) is 0.490. The molecule has 0 spiro atoms. The van der Waals surface area contributed by atoms with Gasteiger partial charge in [-0.25, -0.2) is 4.98 Å². The van der Waals surface area contributed by atoms with Crippen LogP contribution < -0.4 is 5.73 Å². The van der Waals surface area contributed by atoms with Gasteiger partial charge in [0, 0.05) is 23.1 Å². The van der Waals surface area contributed by atoms with Crippen LogP contribution in [0, 0.1) is 12.8 Å². The molecule has 0 radical (unpaired) electrons. The summed E-state index contributed by atoms with van der Waals surface area (Å²) in [5, 5.41) is 0. The third kappa shape index (κ3) is 5.12. The first-order valence-electron chi connectivity index (χ1n) is 11.0. The number of oxazole rings is 1. The second-order valence-electron chi connectivity index (χ2n) is 9.54. The molecule has 1 fully saturated rings. The van der Waals surface area contributed by atoms with E-state index in [1.54, 1.807) is 6.07 Å². The molecule has 174 valence electrons. The van der Waals surface area contributed by atoms with Crippen LogP contribution in [0.3, 0.4) is 0 Å². The maximum atomic E-state index is 12.4. The van der Waals surface area contributed by atoms with E-state index in [1.165, 1.54) is 0 Å². The lowest BCUT2D eigenvalue weighted by Gasteiger charge is -2.22. The van der Waals surface area contributed by atoms with Gasteiger partial charge in [-0.3, -0.25) is 14.5 Å². The minimum atomic E-state index is -0.566. The Morgan fingerprint density at radius 2 is 2.06 bits per heavy atom. The largest absolute Gasteiger partial charge is 0.460 e. The van der Waals surface area contributed by atoms with E-state index in [2.05, 4.69) is 25.8 Å². The first kappa shape index (κ1) is 23.4. The van der Waals surface area contributed by atoms with Gasteiger partial charge < -0.3 is 14.9 Å². The van der Waals surface area contributed by atoms with Gasteiger partial charge in [0.25, 0.3) is 5.91 Å². The van der Waals surface area contributed by atoms with E-state index in [0.717, 1.165) is 34.1 Å². The van der Waals surface area contributed by atoms with Crippen molar-refractivity contribution in [1.82, 2.24) is 9.88 Å². The Morgan fingerprint density at radius 1 is 1.30 bits per heavy atom. The number of nitrogens with zero attached hydrogens (tertiary/aromatic N) is 2. The van der Waals surface area contributed by atoms with Gasteiger partial charge in [-0.1, -0.05) is 22.0 Å². The van der Waals surface area contributed by atoms with Crippen LogP contribution in [0.1, 0.15) is 48.7 Å². The summed E-state index contributed by atoms with van der Waals surface area (Å²) in [5.41, 5.74) is 9.18. The monoisotopic (exact) mass is 513 g/mol. The predicted molar refractivity (Wildman–Crippen MR) is 130 cm³/mol. The Labute approximate surface area is 201 Å². The fraction of sp³-hybridized carbons (Fsp3) is 0.400. The van der Waals surface area contributed by atoms with Gasteiger partial charge in [0.15, 0.2) is 5.58 Å². The first-order valence-corrected chi connectivity index (χ1v) is 11.7. The molecule has 33 heavy (non-hydrogen) atoms. The molecule has 0 bridgehead atoms. The van der Waals surface area contributed by atoms with E-state index in [1.807, 2.05) is 52.0 Å². The minimum absolute atomic E-state index is 0.151. The van der Waals surface area contributed by atoms with E-state index < -0.39 is 11.5 Å². The van der Waals surface area contributed by atoms with Crippen molar-refractivity contribution in [3.63, 3.8) is 0 Å². The number of hydrogen-bond donors (Lipinski definition) is 1. The molecule has 2 N–H and O–H groups in total. The van der Waals surface area contributed by atoms with Gasteiger partial charge in [-0.15, -0.1) is 0 Å². The van der Waals surface area contributed by atoms with Crippen molar-refractivity contribution in [2.45, 2.75) is 46.3 Å². The molecule has 3 aromatic rings. The summed E-state index contributed by atoms with van der Waals surface area (Å²) >= 11 is 3.53. The fourth-order valence-electron chi connectivity index (χ4n) is 4.13. The molecular formula is C25H28BrN3O4. The van der Waals surface area contributed by atoms with E-state index in [4.69, 9.17) is 14.9 Å². The standard InChI is InChI=1S/C25H28BrN3O4/c1-14-17(6-5-7-19(14)26)23-28-20-11-15(10-18(22(27)30)21(20)32-23)12-29-9-8-16(13-29)24(31)33-25(2,3)4/h5-7,10-11,16H,8-9,12-13H2,1-4H3,(H2,27,30)/t16-/m1/s1. The molecule has 7 nitrogen and oxygen atoms in total. The summed E-state index contributed by atoms with van der Waals surface area (Å²) in [7, 11) is 0. The highest BCUT2D eigenvalue weighted by Crippen LogP contribution is 2.33. The summed E-state index contributed by atoms with van der Waals surface area (Å²) in [6.45, 7) is 9.56. The van der Waals surface area contributed by atoms with Crippen LogP contribution >= 0.6 is 15.9 Å². The van der Waals surface area contributed by atoms with Crippen molar-refractivity contribution < 1.29 is 18.7 Å². The van der Waals surface area contributed by atoms with Gasteiger partial charge in [0.05, 0.1) is 11.5 Å². The molecule has 1 atom stereocenters. The molecule has 8 heteroatoms. The highest BCUT2D eigenvalue weighted by atomic mass is 79.9. The number of benzene rings is 2. The topological polar surface area (TPSA) is 98.7 Å². The zero-order chi connectivity index (χ0) is 23.9. The molecule has 0 unspecified atom stereocenters. The van der Waals surface area contributed by atoms with Gasteiger partial charge in [-0.2, -0.15) is 0 Å². The zero-order valence-electron chi connectivity index (χ0n) is 19.3. The number of ether oxygens (including phenoxy) is 1. The van der Waals surface area contributed by atoms with Crippen molar-refractivity contribution in [3.05, 3.63) is 51.5 Å². The van der Waals surface area contributed by atoms with Crippen molar-refractivity contribution in [3.8, 4) is 11.5 Å². The Kier molecular flexibility index (Phi) is 6.33. The molecule has 1 aliphatic rings. The molecule has 1 amide bonds. The van der Waals surface area contributed by atoms with Crippen LogP contribution in [0.25, 0.3) is 22.6 Å². The van der Waals surface area contributed by atoms with Crippen LogP contribution in [0.4, 0.5) is 0 Å². The minimum Gasteiger partial charge on any atom is -0.460 e. The molecular weight excluding hydrogens is 486 g/mol. The number of nitrogens with two attached hydrogens (primary N) is 1. The van der Waals surface area contributed by atoms with Crippen molar-refractivity contribution in [2.24, 2.45) is 11.7 Å². The highest BCUT2D eigenvalue weighted by molar-refractivity contribution is 9.10. The summed E-state index contributed by atoms with van der Waals surface area (Å²) in [5.74, 6) is -0.441. The number of fused-ring (bicyclic) bond motifs is 1. The number of carbonyl (C=O) groups is 2. The summed E-state index contributed by atoms with van der Waals surface area (Å²) in [4.78, 5) is 31.5. The molecule has 1 aliphatic heterocycles. The number of likely N-dealkylation sites (tertiary alicyclic amines) is 1. The second kappa shape index (κ2) is 8.91. The Hall–Kier alpha value is -2.71. The van der Waals surface area contributed by atoms with E-state index in [0.29, 0.717) is 35.6 Å². The maximum Gasteiger partial charge on any atom is 0.310 e. The Morgan fingerprint density at radius 3 is 2.76 bits per heavy atom. The van der Waals surface area contributed by atoms with Gasteiger partial charge >= 0.3 is 5.97 Å². The smallest absolute Gasteiger partial charge is 0.310 e. The van der Waals surface area contributed by atoms with Gasteiger partial charge in [0.1, 0.15) is 11.1 Å². The number of hydrogen-bond acceptors (Lipinski definition) is 6. The van der Waals surface area contributed by atoms with Crippen LogP contribution in [0.15, 0.2) is 39.2 Å². The summed E-state index contributed by atoms with van der Waals surface area (Å²) < 4.78 is 12.5. The number of primary amides is 1. The van der Waals surface area contributed by atoms with Crippen molar-refractivity contribution in [2.75, 3.05) is 13.1 Å². The Bertz CT molecular complexity index is 1230. The molecule has 1 aromatic heterocycles. The van der Waals surface area contributed by atoms with Crippen molar-refractivity contribution in [1.29, 1.82) is 0 Å². The first-order chi connectivity index (χ1) is 15.5. The molecule has 0 saturated carbocycles. The van der Waals surface area contributed by atoms with Gasteiger partial charge in [-0.05, 0) is 76.1 Å². The number of carbonyl (C=O) groups excluding carboxylic acids is 2. The van der Waals surface area contributed by atoms with Crippen LogP contribution in [-0.2, 0) is 16.1 Å². The molecule has 2 heterocycles. The molecule has 2 aromatic carbocycles. The highest BCUT2D eigenvalue weighted by Gasteiger charge is 2.32. The average Bonchev–Trinajstić information content (AvgIpc) is 3.35. The lowest BCUT2D eigenvalue weighted by atomic mass is 10.1. The molecule has 0 aliphatic carbocycles. The number of rotatable bonds is 5. The lowest BCUT2D eigenvalue weighted by molar-refractivity contribution is -0.159. The van der Waals surface area contributed by atoms with E-state index >= 15 is 0 Å². The van der Waals surface area contributed by atoms with Crippen LogP contribution in [0.2, 0.25) is 0 Å². The fourth-order valence-corrected chi connectivity index (χ4v) is 4.50. The summed E-state index contributed by atoms with van der Waals surface area (Å²) in [6.07, 6.45) is 0.746. The van der Waals surface area contributed by atoms with E-state index in [-0.39, 0.29) is 11.9 Å². The maximum absolute atomic E-state index is 12.4. The average molecular weight is 514 g/mol. The normalized spacial score (nSPS) is 16.9. The zero-order valence-corrected chi connectivity index (χ0v) is 20.9. The van der Waals surface area contributed by atoms with Crippen LogP contribution in [-0.4, -0.2) is 40.5 Å². The Balaban J connectivity index is 1.60. The SMILES string of the molecule is Cc1c(Br)cccc1-c1nc2cc(CN3CC[C@@H](C(=O)OC(C)(C)C)C3)cc(C(N)=O)c2o1. The van der Waals surface area contributed by atoms with Gasteiger partial charge in [0.2, 0.25) is 5.89 Å². The molecule has 4 rings (SSSR count). The predicted octanol–water partition coefficient (Wildman–Crippen LogP) is 4.83. The third-order valence-electron chi connectivity index (χ3n) is 5.73. The number of aromatic nitrogens is 1. The van der Waals surface area contributed by atoms with E-state index in [9.17, 15) is 9.59 Å². The number of esters is 1. The summed E-state index contributed by atoms with van der Waals surface area (Å²) in [6, 6.07) is 9.47. The van der Waals surface area contributed by atoms with Crippen LogP contribution in [0.5, 0.6) is 0 Å². The molecule has 1 saturated heterocycles.